The Morgan fingerprint density at radius 1 is 1.00 bits per heavy atom. The van der Waals surface area contributed by atoms with E-state index in [1.807, 2.05) is 42.3 Å². The van der Waals surface area contributed by atoms with E-state index in [0.717, 1.165) is 38.8 Å². The number of fused-ring (bicyclic) bond motifs is 1. The number of carbonyl (C=O) groups is 1. The van der Waals surface area contributed by atoms with Gasteiger partial charge in [0.25, 0.3) is 5.91 Å². The molecule has 0 fully saturated rings. The Morgan fingerprint density at radius 2 is 1.74 bits per heavy atom. The van der Waals surface area contributed by atoms with E-state index < -0.39 is 0 Å². The lowest BCUT2D eigenvalue weighted by Gasteiger charge is -2.23. The number of hydrogen-bond acceptors (Lipinski definition) is 3. The fourth-order valence-corrected chi connectivity index (χ4v) is 3.49. The van der Waals surface area contributed by atoms with Gasteiger partial charge in [0.1, 0.15) is 12.4 Å². The zero-order chi connectivity index (χ0) is 18.9. The van der Waals surface area contributed by atoms with Crippen molar-refractivity contribution in [1.82, 2.24) is 10.2 Å². The highest BCUT2D eigenvalue weighted by atomic mass is 16.5. The zero-order valence-corrected chi connectivity index (χ0v) is 16.2. The Bertz CT molecular complexity index is 717. The third kappa shape index (κ3) is 5.83. The number of hydrogen-bond donors (Lipinski definition) is 1. The van der Waals surface area contributed by atoms with E-state index in [0.29, 0.717) is 17.9 Å². The van der Waals surface area contributed by atoms with E-state index in [1.165, 1.54) is 12.0 Å². The third-order valence-electron chi connectivity index (χ3n) is 5.08. The zero-order valence-electron chi connectivity index (χ0n) is 16.2. The maximum atomic E-state index is 12.8. The van der Waals surface area contributed by atoms with E-state index in [2.05, 4.69) is 29.6 Å². The first-order valence-corrected chi connectivity index (χ1v) is 9.98. The highest BCUT2D eigenvalue weighted by Gasteiger charge is 2.18. The summed E-state index contributed by atoms with van der Waals surface area (Å²) in [5.74, 6) is 0.710. The van der Waals surface area contributed by atoms with Gasteiger partial charge in [-0.05, 0) is 43.5 Å². The second-order valence-electron chi connectivity index (χ2n) is 7.29. The predicted octanol–water partition coefficient (Wildman–Crippen LogP) is 3.91. The van der Waals surface area contributed by atoms with Gasteiger partial charge in [0, 0.05) is 19.6 Å². The van der Waals surface area contributed by atoms with Gasteiger partial charge in [0.2, 0.25) is 0 Å². The predicted molar refractivity (Wildman–Crippen MR) is 109 cm³/mol. The average Bonchev–Trinajstić information content (AvgIpc) is 2.70. The average molecular weight is 367 g/mol. The Balaban J connectivity index is 1.76. The third-order valence-corrected chi connectivity index (χ3v) is 5.08. The molecule has 144 valence electrons. The van der Waals surface area contributed by atoms with Gasteiger partial charge in [-0.15, -0.1) is 0 Å². The van der Waals surface area contributed by atoms with Crippen LogP contribution >= 0.6 is 0 Å². The second-order valence-corrected chi connectivity index (χ2v) is 7.29. The van der Waals surface area contributed by atoms with Crippen molar-refractivity contribution in [2.45, 2.75) is 38.1 Å². The number of rotatable bonds is 2. The molecule has 1 aliphatic rings. The van der Waals surface area contributed by atoms with Gasteiger partial charge in [0.05, 0.1) is 5.56 Å². The van der Waals surface area contributed by atoms with Gasteiger partial charge in [-0.25, -0.2) is 0 Å². The first-order chi connectivity index (χ1) is 13.2. The Labute approximate surface area is 162 Å². The molecule has 2 aromatic rings. The maximum absolute atomic E-state index is 12.8. The molecular weight excluding hydrogens is 336 g/mol. The Kier molecular flexibility index (Phi) is 7.28. The van der Waals surface area contributed by atoms with E-state index in [9.17, 15) is 4.79 Å². The second kappa shape index (κ2) is 10.1. The smallest absolute Gasteiger partial charge is 0.257 e. The molecule has 1 N–H and O–H groups in total. The lowest BCUT2D eigenvalue weighted by atomic mass is 10.1. The van der Waals surface area contributed by atoms with Crippen LogP contribution in [0, 0.1) is 0 Å². The van der Waals surface area contributed by atoms with Crippen LogP contribution in [0.3, 0.4) is 0 Å². The summed E-state index contributed by atoms with van der Waals surface area (Å²) < 4.78 is 6.13. The molecule has 1 heterocycles. The number of benzene rings is 2. The van der Waals surface area contributed by atoms with Crippen LogP contribution < -0.4 is 10.1 Å². The monoisotopic (exact) mass is 366 g/mol. The number of ether oxygens (including phenoxy) is 1. The minimum atomic E-state index is 0.0372. The summed E-state index contributed by atoms with van der Waals surface area (Å²) in [5, 5.41) is 3.65. The number of carbonyl (C=O) groups excluding carboxylic acids is 1. The molecule has 1 atom stereocenters. The molecule has 0 bridgehead atoms. The molecule has 0 aliphatic carbocycles. The van der Waals surface area contributed by atoms with Crippen LogP contribution in [-0.4, -0.2) is 43.6 Å². The highest BCUT2D eigenvalue weighted by molar-refractivity contribution is 5.96. The molecule has 0 spiro atoms. The summed E-state index contributed by atoms with van der Waals surface area (Å²) >= 11 is 0. The number of nitrogens with one attached hydrogen (secondary N) is 1. The molecule has 1 amide bonds. The van der Waals surface area contributed by atoms with E-state index in [1.54, 1.807) is 0 Å². The number of amides is 1. The molecule has 27 heavy (non-hydrogen) atoms. The van der Waals surface area contributed by atoms with Crippen LogP contribution in [0.2, 0.25) is 0 Å². The summed E-state index contributed by atoms with van der Waals surface area (Å²) in [6, 6.07) is 18.3. The van der Waals surface area contributed by atoms with Gasteiger partial charge < -0.3 is 15.0 Å². The summed E-state index contributed by atoms with van der Waals surface area (Å²) in [6.45, 7) is 2.33. The van der Waals surface area contributed by atoms with Crippen LogP contribution in [-0.2, 0) is 6.42 Å². The molecule has 4 nitrogen and oxygen atoms in total. The molecule has 0 saturated carbocycles. The summed E-state index contributed by atoms with van der Waals surface area (Å²) in [4.78, 5) is 14.6. The van der Waals surface area contributed by atoms with Crippen LogP contribution in [0.25, 0.3) is 0 Å². The fourth-order valence-electron chi connectivity index (χ4n) is 3.49. The number of nitrogens with zero attached hydrogens (tertiary/aromatic N) is 1. The Hall–Kier alpha value is -2.33. The lowest BCUT2D eigenvalue weighted by Crippen LogP contribution is -2.37. The molecular formula is C23H30N2O2. The quantitative estimate of drug-likeness (QED) is 0.876. The van der Waals surface area contributed by atoms with Crippen molar-refractivity contribution in [3.8, 4) is 5.75 Å². The van der Waals surface area contributed by atoms with Crippen LogP contribution in [0.15, 0.2) is 54.6 Å². The summed E-state index contributed by atoms with van der Waals surface area (Å²) in [7, 11) is 1.88. The molecule has 2 aromatic carbocycles. The van der Waals surface area contributed by atoms with Crippen molar-refractivity contribution < 1.29 is 9.53 Å². The first kappa shape index (κ1) is 19.4. The highest BCUT2D eigenvalue weighted by Crippen LogP contribution is 2.21. The Morgan fingerprint density at radius 3 is 2.59 bits per heavy atom. The van der Waals surface area contributed by atoms with Gasteiger partial charge in [0.15, 0.2) is 0 Å². The standard InChI is InChI=1S/C23H30N2O2/c1-25-16-10-3-2-9-15-24-20(17-19-11-5-4-6-12-19)18-27-22-14-8-7-13-21(22)23(25)26/h4-8,11-14,20,24H,2-3,9-10,15-18H2,1H3/t20-/m1/s1. The van der Waals surface area contributed by atoms with E-state index >= 15 is 0 Å². The van der Waals surface area contributed by atoms with Gasteiger partial charge in [-0.3, -0.25) is 4.79 Å². The normalized spacial score (nSPS) is 19.7. The van der Waals surface area contributed by atoms with Crippen molar-refractivity contribution in [2.75, 3.05) is 26.7 Å². The minimum absolute atomic E-state index is 0.0372. The maximum Gasteiger partial charge on any atom is 0.257 e. The summed E-state index contributed by atoms with van der Waals surface area (Å²) in [6.07, 6.45) is 5.44. The first-order valence-electron chi connectivity index (χ1n) is 9.98. The van der Waals surface area contributed by atoms with Gasteiger partial charge in [-0.1, -0.05) is 55.3 Å². The fraction of sp³-hybridized carbons (Fsp3) is 0.435. The number of para-hydroxylation sites is 1. The van der Waals surface area contributed by atoms with Crippen molar-refractivity contribution >= 4 is 5.91 Å². The van der Waals surface area contributed by atoms with Crippen molar-refractivity contribution in [1.29, 1.82) is 0 Å². The van der Waals surface area contributed by atoms with Gasteiger partial charge in [-0.2, -0.15) is 0 Å². The van der Waals surface area contributed by atoms with Crippen molar-refractivity contribution in [3.05, 3.63) is 65.7 Å². The van der Waals surface area contributed by atoms with Crippen molar-refractivity contribution in [3.63, 3.8) is 0 Å². The molecule has 0 unspecified atom stereocenters. The van der Waals surface area contributed by atoms with Crippen LogP contribution in [0.4, 0.5) is 0 Å². The van der Waals surface area contributed by atoms with E-state index in [4.69, 9.17) is 4.74 Å². The molecule has 0 aromatic heterocycles. The molecule has 4 heteroatoms. The molecule has 1 aliphatic heterocycles. The van der Waals surface area contributed by atoms with Crippen LogP contribution in [0.5, 0.6) is 5.75 Å². The van der Waals surface area contributed by atoms with E-state index in [-0.39, 0.29) is 11.9 Å². The lowest BCUT2D eigenvalue weighted by molar-refractivity contribution is 0.0787. The molecule has 0 saturated heterocycles. The van der Waals surface area contributed by atoms with Gasteiger partial charge >= 0.3 is 0 Å². The summed E-state index contributed by atoms with van der Waals surface area (Å²) in [5.41, 5.74) is 1.94. The topological polar surface area (TPSA) is 41.6 Å². The largest absolute Gasteiger partial charge is 0.491 e. The van der Waals surface area contributed by atoms with Crippen LogP contribution in [0.1, 0.15) is 41.6 Å². The molecule has 3 rings (SSSR count). The van der Waals surface area contributed by atoms with Crippen molar-refractivity contribution in [2.24, 2.45) is 0 Å². The minimum Gasteiger partial charge on any atom is -0.491 e. The SMILES string of the molecule is CN1CCCCCCN[C@H](Cc2ccccc2)COc2ccccc2C1=O. The molecule has 0 radical (unpaired) electrons.